The van der Waals surface area contributed by atoms with Gasteiger partial charge >= 0.3 is 0 Å². The molecule has 0 saturated heterocycles. The molecule has 0 fully saturated rings. The van der Waals surface area contributed by atoms with Crippen LogP contribution in [0.2, 0.25) is 5.02 Å². The molecule has 0 aromatic heterocycles. The van der Waals surface area contributed by atoms with E-state index >= 15 is 0 Å². The summed E-state index contributed by atoms with van der Waals surface area (Å²) < 4.78 is 7.11. The Morgan fingerprint density at radius 3 is 2.62 bits per heavy atom. The van der Waals surface area contributed by atoms with Crippen molar-refractivity contribution in [3.63, 3.8) is 0 Å². The first-order valence-corrected chi connectivity index (χ1v) is 8.20. The fourth-order valence-corrected chi connectivity index (χ4v) is 2.67. The van der Waals surface area contributed by atoms with Gasteiger partial charge in [-0.15, -0.1) is 0 Å². The number of nitrogens with one attached hydrogen (secondary N) is 1. The van der Waals surface area contributed by atoms with Gasteiger partial charge in [0.25, 0.3) is 0 Å². The second kappa shape index (κ2) is 7.83. The predicted molar refractivity (Wildman–Crippen MR) is 92.4 cm³/mol. The second-order valence-corrected chi connectivity index (χ2v) is 6.29. The third kappa shape index (κ3) is 4.73. The Morgan fingerprint density at radius 1 is 1.14 bits per heavy atom. The highest BCUT2D eigenvalue weighted by Gasteiger charge is 2.08. The summed E-state index contributed by atoms with van der Waals surface area (Å²) in [6, 6.07) is 11.7. The molecule has 1 N–H and O–H groups in total. The van der Waals surface area contributed by atoms with E-state index in [0.717, 1.165) is 51.6 Å². The van der Waals surface area contributed by atoms with Gasteiger partial charge in [-0.05, 0) is 61.9 Å². The van der Waals surface area contributed by atoms with Crippen LogP contribution in [0.5, 0.6) is 11.5 Å². The monoisotopic (exact) mass is 367 g/mol. The molecule has 0 atom stereocenters. The molecule has 0 spiro atoms. The number of aryl methyl sites for hydroxylation is 1. The summed E-state index contributed by atoms with van der Waals surface area (Å²) in [5.74, 6) is 1.70. The van der Waals surface area contributed by atoms with E-state index in [1.165, 1.54) is 0 Å². The maximum atomic E-state index is 6.06. The van der Waals surface area contributed by atoms with Crippen molar-refractivity contribution >= 4 is 27.5 Å². The van der Waals surface area contributed by atoms with Gasteiger partial charge in [0.2, 0.25) is 0 Å². The van der Waals surface area contributed by atoms with Crippen molar-refractivity contribution in [2.75, 3.05) is 6.54 Å². The standard InChI is InChI=1S/C17H19BrClNO/c1-3-8-20-11-13-10-14(18)4-6-17(13)21-16-7-5-15(19)9-12(16)2/h4-7,9-10,20H,3,8,11H2,1-2H3. The molecule has 2 aromatic rings. The van der Waals surface area contributed by atoms with Crippen LogP contribution in [0.1, 0.15) is 24.5 Å². The quantitative estimate of drug-likeness (QED) is 0.660. The summed E-state index contributed by atoms with van der Waals surface area (Å²) in [6.07, 6.45) is 1.11. The van der Waals surface area contributed by atoms with Crippen LogP contribution in [0.3, 0.4) is 0 Å². The van der Waals surface area contributed by atoms with E-state index in [-0.39, 0.29) is 0 Å². The number of halogens is 2. The van der Waals surface area contributed by atoms with Crippen molar-refractivity contribution in [2.45, 2.75) is 26.8 Å². The predicted octanol–water partition coefficient (Wildman–Crippen LogP) is 5.70. The topological polar surface area (TPSA) is 21.3 Å². The van der Waals surface area contributed by atoms with Crippen molar-refractivity contribution in [1.82, 2.24) is 5.32 Å². The van der Waals surface area contributed by atoms with Crippen molar-refractivity contribution in [3.8, 4) is 11.5 Å². The molecule has 4 heteroatoms. The highest BCUT2D eigenvalue weighted by molar-refractivity contribution is 9.10. The van der Waals surface area contributed by atoms with E-state index in [1.807, 2.05) is 37.3 Å². The lowest BCUT2D eigenvalue weighted by Crippen LogP contribution is -2.14. The van der Waals surface area contributed by atoms with Crippen molar-refractivity contribution in [3.05, 3.63) is 57.0 Å². The van der Waals surface area contributed by atoms with E-state index in [2.05, 4.69) is 34.2 Å². The Kier molecular flexibility index (Phi) is 6.09. The van der Waals surface area contributed by atoms with Crippen LogP contribution >= 0.6 is 27.5 Å². The molecule has 0 aliphatic rings. The first-order chi connectivity index (χ1) is 10.1. The SMILES string of the molecule is CCCNCc1cc(Br)ccc1Oc1ccc(Cl)cc1C. The van der Waals surface area contributed by atoms with Crippen LogP contribution in [0.15, 0.2) is 40.9 Å². The Labute approximate surface area is 139 Å². The minimum atomic E-state index is 0.723. The lowest BCUT2D eigenvalue weighted by Gasteiger charge is -2.14. The Bertz CT molecular complexity index is 616. The minimum absolute atomic E-state index is 0.723. The molecule has 0 saturated carbocycles. The zero-order valence-corrected chi connectivity index (χ0v) is 14.6. The highest BCUT2D eigenvalue weighted by atomic mass is 79.9. The van der Waals surface area contributed by atoms with Gasteiger partial charge in [-0.1, -0.05) is 34.5 Å². The van der Waals surface area contributed by atoms with E-state index in [1.54, 1.807) is 0 Å². The Balaban J connectivity index is 2.22. The summed E-state index contributed by atoms with van der Waals surface area (Å²) >= 11 is 9.50. The number of rotatable bonds is 6. The molecule has 2 rings (SSSR count). The van der Waals surface area contributed by atoms with Crippen LogP contribution < -0.4 is 10.1 Å². The average Bonchev–Trinajstić information content (AvgIpc) is 2.44. The molecule has 0 heterocycles. The van der Waals surface area contributed by atoms with Gasteiger partial charge in [0.05, 0.1) is 0 Å². The molecule has 21 heavy (non-hydrogen) atoms. The number of benzene rings is 2. The fourth-order valence-electron chi connectivity index (χ4n) is 2.03. The molecule has 0 bridgehead atoms. The first-order valence-electron chi connectivity index (χ1n) is 7.03. The maximum Gasteiger partial charge on any atom is 0.132 e. The molecule has 0 radical (unpaired) electrons. The first kappa shape index (κ1) is 16.3. The third-order valence-electron chi connectivity index (χ3n) is 3.12. The Morgan fingerprint density at radius 2 is 1.90 bits per heavy atom. The molecule has 0 aliphatic heterocycles. The fraction of sp³-hybridized carbons (Fsp3) is 0.294. The van der Waals surface area contributed by atoms with Crippen molar-refractivity contribution in [1.29, 1.82) is 0 Å². The molecule has 0 aliphatic carbocycles. The molecule has 112 valence electrons. The Hall–Kier alpha value is -1.03. The normalized spacial score (nSPS) is 10.7. The average molecular weight is 369 g/mol. The summed E-state index contributed by atoms with van der Waals surface area (Å²) in [7, 11) is 0. The minimum Gasteiger partial charge on any atom is -0.457 e. The van der Waals surface area contributed by atoms with Crippen LogP contribution in [-0.2, 0) is 6.54 Å². The molecule has 2 nitrogen and oxygen atoms in total. The zero-order valence-electron chi connectivity index (χ0n) is 12.2. The summed E-state index contributed by atoms with van der Waals surface area (Å²) in [5, 5.41) is 4.13. The smallest absolute Gasteiger partial charge is 0.132 e. The summed E-state index contributed by atoms with van der Waals surface area (Å²) in [4.78, 5) is 0. The van der Waals surface area contributed by atoms with E-state index in [0.29, 0.717) is 0 Å². The molecule has 2 aromatic carbocycles. The lowest BCUT2D eigenvalue weighted by atomic mass is 10.2. The zero-order chi connectivity index (χ0) is 15.2. The van der Waals surface area contributed by atoms with E-state index in [4.69, 9.17) is 16.3 Å². The van der Waals surface area contributed by atoms with Crippen molar-refractivity contribution < 1.29 is 4.74 Å². The lowest BCUT2D eigenvalue weighted by molar-refractivity contribution is 0.469. The summed E-state index contributed by atoms with van der Waals surface area (Å²) in [5.41, 5.74) is 2.16. The van der Waals surface area contributed by atoms with Crippen LogP contribution in [0.4, 0.5) is 0 Å². The maximum absolute atomic E-state index is 6.06. The van der Waals surface area contributed by atoms with E-state index in [9.17, 15) is 0 Å². The highest BCUT2D eigenvalue weighted by Crippen LogP contribution is 2.31. The van der Waals surface area contributed by atoms with Crippen molar-refractivity contribution in [2.24, 2.45) is 0 Å². The van der Waals surface area contributed by atoms with Gasteiger partial charge in [-0.25, -0.2) is 0 Å². The second-order valence-electron chi connectivity index (χ2n) is 4.94. The van der Waals surface area contributed by atoms with Gasteiger partial charge in [0.1, 0.15) is 11.5 Å². The number of hydrogen-bond donors (Lipinski definition) is 1. The molecular formula is C17H19BrClNO. The molecular weight excluding hydrogens is 350 g/mol. The van der Waals surface area contributed by atoms with Gasteiger partial charge < -0.3 is 10.1 Å². The van der Waals surface area contributed by atoms with Gasteiger partial charge in [-0.2, -0.15) is 0 Å². The molecule has 0 amide bonds. The van der Waals surface area contributed by atoms with Crippen LogP contribution in [0, 0.1) is 6.92 Å². The van der Waals surface area contributed by atoms with Gasteiger partial charge in [0.15, 0.2) is 0 Å². The van der Waals surface area contributed by atoms with Crippen LogP contribution in [0.25, 0.3) is 0 Å². The number of ether oxygens (including phenoxy) is 1. The number of hydrogen-bond acceptors (Lipinski definition) is 2. The third-order valence-corrected chi connectivity index (χ3v) is 3.85. The van der Waals surface area contributed by atoms with Gasteiger partial charge in [0, 0.05) is 21.6 Å². The van der Waals surface area contributed by atoms with Crippen LogP contribution in [-0.4, -0.2) is 6.54 Å². The van der Waals surface area contributed by atoms with E-state index < -0.39 is 0 Å². The van der Waals surface area contributed by atoms with Gasteiger partial charge in [-0.3, -0.25) is 0 Å². The largest absolute Gasteiger partial charge is 0.457 e. The summed E-state index contributed by atoms with van der Waals surface area (Å²) in [6.45, 7) is 5.93. The molecule has 0 unspecified atom stereocenters.